The number of fused-ring (bicyclic) bond motifs is 2. The first-order chi connectivity index (χ1) is 17.6. The molecule has 6 rings (SSSR count). The number of likely N-dealkylation sites (tertiary alicyclic amines) is 1. The number of benzene rings is 2. The molecule has 3 aromatic heterocycles. The Bertz CT molecular complexity index is 1550. The Morgan fingerprint density at radius 2 is 1.83 bits per heavy atom. The fourth-order valence-electron chi connectivity index (χ4n) is 4.96. The van der Waals surface area contributed by atoms with Gasteiger partial charge in [-0.2, -0.15) is 0 Å². The Labute approximate surface area is 206 Å². The maximum Gasteiger partial charge on any atom is 0.327 e. The third kappa shape index (κ3) is 4.47. The summed E-state index contributed by atoms with van der Waals surface area (Å²) in [5, 5.41) is 3.67. The molecule has 1 aliphatic heterocycles. The third-order valence-electron chi connectivity index (χ3n) is 6.90. The van der Waals surface area contributed by atoms with E-state index in [1.807, 2.05) is 30.3 Å². The van der Waals surface area contributed by atoms with E-state index in [0.717, 1.165) is 55.0 Å². The van der Waals surface area contributed by atoms with Gasteiger partial charge in [0.05, 0.1) is 23.8 Å². The number of hydrogen-bond acceptors (Lipinski definition) is 6. The van der Waals surface area contributed by atoms with Gasteiger partial charge in [0, 0.05) is 32.2 Å². The van der Waals surface area contributed by atoms with Crippen molar-refractivity contribution >= 4 is 28.1 Å². The highest BCUT2D eigenvalue weighted by Crippen LogP contribution is 2.24. The SMILES string of the molecule is O=c1[nH]c2cncnc2n1CCN1CCC(Nc2nc3ccccc3n2Cc2ccc(F)cc2)CC1. The number of aromatic amines is 1. The van der Waals surface area contributed by atoms with Gasteiger partial charge >= 0.3 is 5.69 Å². The maximum absolute atomic E-state index is 13.4. The third-order valence-corrected chi connectivity index (χ3v) is 6.90. The van der Waals surface area contributed by atoms with Crippen LogP contribution in [-0.4, -0.2) is 59.6 Å². The first-order valence-electron chi connectivity index (χ1n) is 12.2. The van der Waals surface area contributed by atoms with Gasteiger partial charge in [0.2, 0.25) is 5.95 Å². The predicted octanol–water partition coefficient (Wildman–Crippen LogP) is 3.23. The molecule has 0 radical (unpaired) electrons. The molecule has 10 heteroatoms. The summed E-state index contributed by atoms with van der Waals surface area (Å²) in [6.45, 7) is 3.85. The fraction of sp³-hybridized carbons (Fsp3) is 0.308. The van der Waals surface area contributed by atoms with Crippen LogP contribution in [0.5, 0.6) is 0 Å². The van der Waals surface area contributed by atoms with E-state index in [9.17, 15) is 9.18 Å². The number of rotatable bonds is 7. The Hall–Kier alpha value is -4.05. The number of imidazole rings is 2. The molecule has 2 N–H and O–H groups in total. The number of halogens is 1. The highest BCUT2D eigenvalue weighted by atomic mass is 19.1. The van der Waals surface area contributed by atoms with Gasteiger partial charge in [-0.1, -0.05) is 24.3 Å². The number of nitrogens with zero attached hydrogens (tertiary/aromatic N) is 6. The zero-order chi connectivity index (χ0) is 24.5. The van der Waals surface area contributed by atoms with Crippen LogP contribution in [0.2, 0.25) is 0 Å². The van der Waals surface area contributed by atoms with E-state index in [1.165, 1.54) is 18.5 Å². The molecule has 1 fully saturated rings. The average Bonchev–Trinajstić information content (AvgIpc) is 3.41. The number of para-hydroxylation sites is 2. The first-order valence-corrected chi connectivity index (χ1v) is 12.2. The van der Waals surface area contributed by atoms with Gasteiger partial charge in [-0.25, -0.2) is 24.1 Å². The largest absolute Gasteiger partial charge is 0.353 e. The second kappa shape index (κ2) is 9.54. The summed E-state index contributed by atoms with van der Waals surface area (Å²) >= 11 is 0. The number of H-pyrrole nitrogens is 1. The molecule has 1 aliphatic rings. The fourth-order valence-corrected chi connectivity index (χ4v) is 4.96. The molecule has 36 heavy (non-hydrogen) atoms. The second-order valence-electron chi connectivity index (χ2n) is 9.24. The minimum atomic E-state index is -0.234. The van der Waals surface area contributed by atoms with Gasteiger partial charge in [0.15, 0.2) is 5.65 Å². The average molecular weight is 487 g/mol. The van der Waals surface area contributed by atoms with Crippen LogP contribution in [0.4, 0.5) is 10.3 Å². The second-order valence-corrected chi connectivity index (χ2v) is 9.24. The Morgan fingerprint density at radius 3 is 2.67 bits per heavy atom. The van der Waals surface area contributed by atoms with E-state index in [4.69, 9.17) is 4.98 Å². The highest BCUT2D eigenvalue weighted by Gasteiger charge is 2.22. The lowest BCUT2D eigenvalue weighted by Crippen LogP contribution is -2.41. The topological polar surface area (TPSA) is 96.7 Å². The van der Waals surface area contributed by atoms with Gasteiger partial charge in [-0.3, -0.25) is 4.57 Å². The van der Waals surface area contributed by atoms with Gasteiger partial charge < -0.3 is 19.8 Å². The quantitative estimate of drug-likeness (QED) is 0.367. The molecule has 0 unspecified atom stereocenters. The molecule has 9 nitrogen and oxygen atoms in total. The highest BCUT2D eigenvalue weighted by molar-refractivity contribution is 5.78. The summed E-state index contributed by atoms with van der Waals surface area (Å²) in [5.74, 6) is 0.603. The van der Waals surface area contributed by atoms with Crippen molar-refractivity contribution in [1.29, 1.82) is 0 Å². The minimum Gasteiger partial charge on any atom is -0.353 e. The zero-order valence-corrected chi connectivity index (χ0v) is 19.8. The normalized spacial score (nSPS) is 15.1. The summed E-state index contributed by atoms with van der Waals surface area (Å²) in [5.41, 5.74) is 4.17. The van der Waals surface area contributed by atoms with E-state index in [1.54, 1.807) is 10.8 Å². The van der Waals surface area contributed by atoms with E-state index >= 15 is 0 Å². The molecule has 4 heterocycles. The van der Waals surface area contributed by atoms with Crippen LogP contribution in [0.25, 0.3) is 22.2 Å². The van der Waals surface area contributed by atoms with Crippen LogP contribution in [0.15, 0.2) is 65.8 Å². The zero-order valence-electron chi connectivity index (χ0n) is 19.8. The Kier molecular flexibility index (Phi) is 5.94. The molecule has 0 aliphatic carbocycles. The summed E-state index contributed by atoms with van der Waals surface area (Å²) in [7, 11) is 0. The van der Waals surface area contributed by atoms with E-state index in [-0.39, 0.29) is 11.5 Å². The number of nitrogens with one attached hydrogen (secondary N) is 2. The smallest absolute Gasteiger partial charge is 0.327 e. The number of anilines is 1. The number of aromatic nitrogens is 6. The van der Waals surface area contributed by atoms with Crippen LogP contribution in [0, 0.1) is 5.82 Å². The molecular formula is C26H27FN8O. The lowest BCUT2D eigenvalue weighted by atomic mass is 10.1. The molecule has 0 atom stereocenters. The van der Waals surface area contributed by atoms with Gasteiger partial charge in [-0.05, 0) is 42.7 Å². The van der Waals surface area contributed by atoms with Crippen molar-refractivity contribution in [3.8, 4) is 0 Å². The van der Waals surface area contributed by atoms with Crippen molar-refractivity contribution in [3.63, 3.8) is 0 Å². The molecule has 2 aromatic carbocycles. The number of piperidine rings is 1. The van der Waals surface area contributed by atoms with Crippen molar-refractivity contribution in [2.24, 2.45) is 0 Å². The van der Waals surface area contributed by atoms with E-state index in [0.29, 0.717) is 30.3 Å². The van der Waals surface area contributed by atoms with Crippen LogP contribution in [0.1, 0.15) is 18.4 Å². The van der Waals surface area contributed by atoms with Crippen LogP contribution in [-0.2, 0) is 13.1 Å². The molecule has 184 valence electrons. The predicted molar refractivity (Wildman–Crippen MR) is 136 cm³/mol. The van der Waals surface area contributed by atoms with Crippen LogP contribution >= 0.6 is 0 Å². The van der Waals surface area contributed by atoms with Gasteiger partial charge in [0.1, 0.15) is 17.7 Å². The lowest BCUT2D eigenvalue weighted by molar-refractivity contribution is 0.211. The monoisotopic (exact) mass is 486 g/mol. The molecule has 0 bridgehead atoms. The van der Waals surface area contributed by atoms with E-state index in [2.05, 4.69) is 35.8 Å². The van der Waals surface area contributed by atoms with Crippen LogP contribution in [0.3, 0.4) is 0 Å². The lowest BCUT2D eigenvalue weighted by Gasteiger charge is -2.32. The summed E-state index contributed by atoms with van der Waals surface area (Å²) in [4.78, 5) is 30.6. The molecular weight excluding hydrogens is 459 g/mol. The summed E-state index contributed by atoms with van der Waals surface area (Å²) in [6.07, 6.45) is 5.04. The summed E-state index contributed by atoms with van der Waals surface area (Å²) < 4.78 is 17.2. The number of hydrogen-bond donors (Lipinski definition) is 2. The molecule has 5 aromatic rings. The van der Waals surface area contributed by atoms with Crippen molar-refractivity contribution < 1.29 is 4.39 Å². The van der Waals surface area contributed by atoms with Crippen molar-refractivity contribution in [2.45, 2.75) is 32.0 Å². The molecule has 1 saturated heterocycles. The van der Waals surface area contributed by atoms with Gasteiger partial charge in [0.25, 0.3) is 0 Å². The first kappa shape index (κ1) is 22.4. The Morgan fingerprint density at radius 1 is 1.03 bits per heavy atom. The minimum absolute atomic E-state index is 0.151. The maximum atomic E-state index is 13.4. The van der Waals surface area contributed by atoms with E-state index < -0.39 is 0 Å². The van der Waals surface area contributed by atoms with Gasteiger partial charge in [-0.15, -0.1) is 0 Å². The van der Waals surface area contributed by atoms with Crippen molar-refractivity contribution in [2.75, 3.05) is 25.0 Å². The molecule has 0 saturated carbocycles. The van der Waals surface area contributed by atoms with Crippen LogP contribution < -0.4 is 11.0 Å². The standard InChI is InChI=1S/C26H27FN8O/c27-19-7-5-18(6-8-19)16-35-23-4-2-1-3-21(23)31-25(35)30-20-9-11-33(12-10-20)13-14-34-24-22(32-26(34)36)15-28-17-29-24/h1-8,15,17,20H,9-14,16H2,(H,30,31)(H,32,36). The van der Waals surface area contributed by atoms with Crippen molar-refractivity contribution in [3.05, 3.63) is 82.9 Å². The van der Waals surface area contributed by atoms with Crippen molar-refractivity contribution in [1.82, 2.24) is 34.0 Å². The molecule has 0 amide bonds. The Balaban J connectivity index is 1.12. The summed E-state index contributed by atoms with van der Waals surface area (Å²) in [6, 6.07) is 15.0. The molecule has 0 spiro atoms.